The van der Waals surface area contributed by atoms with Crippen molar-refractivity contribution >= 4 is 17.9 Å². The van der Waals surface area contributed by atoms with Gasteiger partial charge in [-0.2, -0.15) is 44.8 Å². The van der Waals surface area contributed by atoms with Crippen molar-refractivity contribution in [3.05, 3.63) is 76.1 Å². The third-order valence-corrected chi connectivity index (χ3v) is 5.88. The van der Waals surface area contributed by atoms with Crippen LogP contribution >= 0.6 is 0 Å². The fraction of sp³-hybridized carbons (Fsp3) is 0.320. The number of rotatable bonds is 7. The first-order valence-electron chi connectivity index (χ1n) is 11.2. The fourth-order valence-electron chi connectivity index (χ4n) is 3.70. The molecule has 2 N–H and O–H groups in total. The zero-order chi connectivity index (χ0) is 30.1. The van der Waals surface area contributed by atoms with E-state index in [0.29, 0.717) is 36.4 Å². The van der Waals surface area contributed by atoms with Crippen LogP contribution in [0.5, 0.6) is 0 Å². The first-order chi connectivity index (χ1) is 18.4. The van der Waals surface area contributed by atoms with Crippen molar-refractivity contribution in [3.63, 3.8) is 0 Å². The second-order valence-corrected chi connectivity index (χ2v) is 8.87. The Kier molecular flexibility index (Phi) is 8.24. The lowest BCUT2D eigenvalue weighted by molar-refractivity contribution is -0.140. The third-order valence-electron chi connectivity index (χ3n) is 5.88. The Morgan fingerprint density at radius 2 is 1.65 bits per heavy atom. The van der Waals surface area contributed by atoms with Crippen LogP contribution in [0.3, 0.4) is 0 Å². The monoisotopic (exact) mass is 581 g/mol. The molecule has 1 saturated carbocycles. The molecule has 2 aromatic carbocycles. The van der Waals surface area contributed by atoms with Gasteiger partial charge >= 0.3 is 18.5 Å². The lowest BCUT2D eigenvalue weighted by Crippen LogP contribution is -2.51. The molecule has 0 radical (unpaired) electrons. The molecule has 0 bridgehead atoms. The Balaban J connectivity index is 1.89. The van der Waals surface area contributed by atoms with Crippen molar-refractivity contribution in [3.8, 4) is 6.07 Å². The molecule has 1 aliphatic rings. The van der Waals surface area contributed by atoms with E-state index in [1.165, 1.54) is 6.07 Å². The largest absolute Gasteiger partial charge is 0.417 e. The summed E-state index contributed by atoms with van der Waals surface area (Å²) in [5.74, 6) is -6.15. The van der Waals surface area contributed by atoms with Gasteiger partial charge in [0.25, 0.3) is 5.91 Å². The number of carbonyl (C=O) groups is 2. The van der Waals surface area contributed by atoms with Crippen LogP contribution in [0, 0.1) is 17.1 Å². The topological polar surface area (TPSA) is 82.0 Å². The zero-order valence-electron chi connectivity index (χ0n) is 19.9. The maximum Gasteiger partial charge on any atom is 0.417 e. The molecule has 2 amide bonds. The van der Waals surface area contributed by atoms with Crippen LogP contribution in [0.1, 0.15) is 51.4 Å². The van der Waals surface area contributed by atoms with Crippen molar-refractivity contribution < 1.29 is 53.5 Å². The van der Waals surface area contributed by atoms with Gasteiger partial charge in [-0.15, -0.1) is 0 Å². The van der Waals surface area contributed by atoms with Gasteiger partial charge in [0.1, 0.15) is 24.0 Å². The summed E-state index contributed by atoms with van der Waals surface area (Å²) in [6.07, 6.45) is -14.0. The van der Waals surface area contributed by atoms with E-state index in [9.17, 15) is 53.5 Å². The molecule has 15 heteroatoms. The Morgan fingerprint density at radius 1 is 1.00 bits per heavy atom. The van der Waals surface area contributed by atoms with Gasteiger partial charge < -0.3 is 10.6 Å². The van der Waals surface area contributed by atoms with Crippen LogP contribution in [0.15, 0.2) is 42.5 Å². The van der Waals surface area contributed by atoms with Gasteiger partial charge in [0, 0.05) is 0 Å². The molecule has 1 atom stereocenters. The number of allylic oxidation sites excluding steroid dienone is 1. The standard InChI is InChI=1S/C25H17F10N3O2/c26-19-6-3-14(10-15(19)11-36)17(24(30,31)32)5-2-13-1-4-16(18(9-13)25(33,34)35)20(39)38-22(7-8-22)21(40)37-12-23(27,28)29/h1-6,9-10,17H,7-8,12H2,(H,37,40)(H,38,39)/b5-2+. The second-order valence-electron chi connectivity index (χ2n) is 8.87. The number of nitrogens with zero attached hydrogens (tertiary/aromatic N) is 1. The van der Waals surface area contributed by atoms with Crippen molar-refractivity contribution in [1.29, 1.82) is 5.26 Å². The first-order valence-corrected chi connectivity index (χ1v) is 11.2. The van der Waals surface area contributed by atoms with E-state index >= 15 is 0 Å². The summed E-state index contributed by atoms with van der Waals surface area (Å²) in [6, 6.07) is 5.39. The number of alkyl halides is 9. The maximum absolute atomic E-state index is 13.8. The molecular weight excluding hydrogens is 564 g/mol. The molecule has 0 spiro atoms. The van der Waals surface area contributed by atoms with Crippen molar-refractivity contribution in [1.82, 2.24) is 10.6 Å². The molecule has 0 aliphatic heterocycles. The van der Waals surface area contributed by atoms with Gasteiger partial charge in [-0.25, -0.2) is 4.39 Å². The number of hydrogen-bond donors (Lipinski definition) is 2. The van der Waals surface area contributed by atoms with Crippen LogP contribution in [0.2, 0.25) is 0 Å². The van der Waals surface area contributed by atoms with Gasteiger partial charge in [-0.05, 0) is 48.2 Å². The predicted molar refractivity (Wildman–Crippen MR) is 119 cm³/mol. The third kappa shape index (κ3) is 7.30. The average Bonchev–Trinajstić information content (AvgIpc) is 3.62. The number of nitriles is 1. The van der Waals surface area contributed by atoms with Crippen LogP contribution in [-0.2, 0) is 11.0 Å². The lowest BCUT2D eigenvalue weighted by atomic mass is 9.94. The van der Waals surface area contributed by atoms with E-state index in [2.05, 4.69) is 0 Å². The highest BCUT2D eigenvalue weighted by Crippen LogP contribution is 2.39. The van der Waals surface area contributed by atoms with Gasteiger partial charge in [-0.1, -0.05) is 24.3 Å². The molecule has 1 aliphatic carbocycles. The molecule has 0 saturated heterocycles. The average molecular weight is 581 g/mol. The minimum Gasteiger partial charge on any atom is -0.345 e. The first kappa shape index (κ1) is 30.5. The van der Waals surface area contributed by atoms with Crippen LogP contribution in [0.25, 0.3) is 6.08 Å². The van der Waals surface area contributed by atoms with Crippen molar-refractivity contribution in [2.45, 2.75) is 42.8 Å². The minimum absolute atomic E-state index is 0.125. The number of carbonyl (C=O) groups excluding carboxylic acids is 2. The maximum atomic E-state index is 13.8. The Bertz CT molecular complexity index is 1370. The van der Waals surface area contributed by atoms with E-state index in [0.717, 1.165) is 12.1 Å². The van der Waals surface area contributed by atoms with E-state index < -0.39 is 82.0 Å². The summed E-state index contributed by atoms with van der Waals surface area (Å²) in [7, 11) is 0. The van der Waals surface area contributed by atoms with E-state index in [-0.39, 0.29) is 12.8 Å². The Morgan fingerprint density at radius 3 is 2.17 bits per heavy atom. The number of nitrogens with one attached hydrogen (secondary N) is 2. The summed E-state index contributed by atoms with van der Waals surface area (Å²) in [4.78, 5) is 24.7. The number of amides is 2. The van der Waals surface area contributed by atoms with Gasteiger partial charge in [-0.3, -0.25) is 9.59 Å². The molecule has 5 nitrogen and oxygen atoms in total. The van der Waals surface area contributed by atoms with Crippen molar-refractivity contribution in [2.24, 2.45) is 0 Å². The van der Waals surface area contributed by atoms with E-state index in [1.807, 2.05) is 5.32 Å². The molecule has 3 rings (SSSR count). The van der Waals surface area contributed by atoms with Crippen LogP contribution < -0.4 is 10.6 Å². The van der Waals surface area contributed by atoms with Crippen molar-refractivity contribution in [2.75, 3.05) is 6.54 Å². The van der Waals surface area contributed by atoms with Crippen LogP contribution in [-0.4, -0.2) is 36.3 Å². The molecule has 1 fully saturated rings. The molecule has 40 heavy (non-hydrogen) atoms. The molecule has 0 aromatic heterocycles. The Labute approximate surface area is 219 Å². The highest BCUT2D eigenvalue weighted by Gasteiger charge is 2.52. The number of hydrogen-bond acceptors (Lipinski definition) is 3. The van der Waals surface area contributed by atoms with Gasteiger partial charge in [0.15, 0.2) is 0 Å². The molecule has 214 valence electrons. The SMILES string of the molecule is N#Cc1cc(C(/C=C/c2ccc(C(=O)NC3(C(=O)NCC(F)(F)F)CC3)c(C(F)(F)F)c2)C(F)(F)F)ccc1F. The molecular formula is C25H17F10N3O2. The number of halogens is 10. The predicted octanol–water partition coefficient (Wildman–Crippen LogP) is 6.02. The quantitative estimate of drug-likeness (QED) is 0.393. The molecule has 2 aromatic rings. The van der Waals surface area contributed by atoms with E-state index in [1.54, 1.807) is 5.32 Å². The normalized spacial score (nSPS) is 15.8. The summed E-state index contributed by atoms with van der Waals surface area (Å²) >= 11 is 0. The second kappa shape index (κ2) is 10.8. The zero-order valence-corrected chi connectivity index (χ0v) is 19.9. The molecule has 1 unspecified atom stereocenters. The Hall–Kier alpha value is -4.09. The summed E-state index contributed by atoms with van der Waals surface area (Å²) < 4.78 is 133. The van der Waals surface area contributed by atoms with Gasteiger partial charge in [0.2, 0.25) is 5.91 Å². The smallest absolute Gasteiger partial charge is 0.345 e. The fourth-order valence-corrected chi connectivity index (χ4v) is 3.70. The van der Waals surface area contributed by atoms with Crippen LogP contribution in [0.4, 0.5) is 43.9 Å². The summed E-state index contributed by atoms with van der Waals surface area (Å²) in [5.41, 5.74) is -6.05. The summed E-state index contributed by atoms with van der Waals surface area (Å²) in [6.45, 7) is -1.72. The number of benzene rings is 2. The minimum atomic E-state index is -5.19. The van der Waals surface area contributed by atoms with Gasteiger partial charge in [0.05, 0.1) is 22.6 Å². The highest BCUT2D eigenvalue weighted by molar-refractivity contribution is 6.01. The highest BCUT2D eigenvalue weighted by atomic mass is 19.4. The molecule has 0 heterocycles. The summed E-state index contributed by atoms with van der Waals surface area (Å²) in [5, 5.41) is 12.5. The van der Waals surface area contributed by atoms with E-state index in [4.69, 9.17) is 5.26 Å². The lowest BCUT2D eigenvalue weighted by Gasteiger charge is -2.20.